The molecule has 1 aliphatic rings. The Hall–Kier alpha value is -2.16. The van der Waals surface area contributed by atoms with Crippen LogP contribution in [0.15, 0.2) is 48.5 Å². The maximum atomic E-state index is 5.21. The molecule has 2 aromatic carbocycles. The van der Waals surface area contributed by atoms with Crippen LogP contribution >= 0.6 is 0 Å². The van der Waals surface area contributed by atoms with Gasteiger partial charge in [0, 0.05) is 31.0 Å². The van der Waals surface area contributed by atoms with Crippen LogP contribution < -0.4 is 15.0 Å². The van der Waals surface area contributed by atoms with E-state index in [0.717, 1.165) is 18.7 Å². The Bertz CT molecular complexity index is 580. The molecule has 3 rings (SSSR count). The van der Waals surface area contributed by atoms with E-state index in [1.165, 1.54) is 16.9 Å². The van der Waals surface area contributed by atoms with Gasteiger partial charge in [0.2, 0.25) is 0 Å². The first-order valence-corrected chi connectivity index (χ1v) is 6.96. The Labute approximate surface area is 120 Å². The Morgan fingerprint density at radius 2 is 1.85 bits per heavy atom. The van der Waals surface area contributed by atoms with Crippen molar-refractivity contribution < 1.29 is 4.74 Å². The average molecular weight is 268 g/mol. The molecular weight excluding hydrogens is 248 g/mol. The number of rotatable bonds is 3. The SMILES string of the molecule is COc1ccc(N(C)C2CNc3ccccc3C2)cc1. The van der Waals surface area contributed by atoms with Gasteiger partial charge < -0.3 is 15.0 Å². The minimum atomic E-state index is 0.471. The van der Waals surface area contributed by atoms with Gasteiger partial charge in [0.15, 0.2) is 0 Å². The number of hydrogen-bond acceptors (Lipinski definition) is 3. The lowest BCUT2D eigenvalue weighted by Crippen LogP contribution is -2.41. The minimum absolute atomic E-state index is 0.471. The van der Waals surface area contributed by atoms with E-state index in [1.807, 2.05) is 12.1 Å². The third kappa shape index (κ3) is 2.44. The molecule has 20 heavy (non-hydrogen) atoms. The summed E-state index contributed by atoms with van der Waals surface area (Å²) in [4.78, 5) is 2.34. The number of hydrogen-bond donors (Lipinski definition) is 1. The summed E-state index contributed by atoms with van der Waals surface area (Å²) in [6.07, 6.45) is 1.08. The molecule has 0 aromatic heterocycles. The van der Waals surface area contributed by atoms with Gasteiger partial charge >= 0.3 is 0 Å². The van der Waals surface area contributed by atoms with Crippen LogP contribution in [0.5, 0.6) is 5.75 Å². The number of para-hydroxylation sites is 1. The van der Waals surface area contributed by atoms with Crippen molar-refractivity contribution in [2.24, 2.45) is 0 Å². The molecule has 0 aliphatic carbocycles. The second kappa shape index (κ2) is 5.45. The van der Waals surface area contributed by atoms with Crippen LogP contribution in [-0.4, -0.2) is 26.7 Å². The van der Waals surface area contributed by atoms with Crippen molar-refractivity contribution in [3.63, 3.8) is 0 Å². The molecule has 104 valence electrons. The zero-order valence-electron chi connectivity index (χ0n) is 12.0. The van der Waals surface area contributed by atoms with Crippen molar-refractivity contribution in [3.8, 4) is 5.75 Å². The first-order valence-electron chi connectivity index (χ1n) is 6.96. The molecule has 0 radical (unpaired) electrons. The number of likely N-dealkylation sites (N-methyl/N-ethyl adjacent to an activating group) is 1. The summed E-state index contributed by atoms with van der Waals surface area (Å²) in [5, 5.41) is 3.52. The van der Waals surface area contributed by atoms with Crippen molar-refractivity contribution in [1.29, 1.82) is 0 Å². The monoisotopic (exact) mass is 268 g/mol. The Kier molecular flexibility index (Phi) is 3.50. The van der Waals surface area contributed by atoms with Gasteiger partial charge in [-0.25, -0.2) is 0 Å². The number of nitrogens with zero attached hydrogens (tertiary/aromatic N) is 1. The van der Waals surface area contributed by atoms with Gasteiger partial charge in [-0.1, -0.05) is 18.2 Å². The van der Waals surface area contributed by atoms with Crippen molar-refractivity contribution in [2.75, 3.05) is 30.9 Å². The number of ether oxygens (including phenoxy) is 1. The lowest BCUT2D eigenvalue weighted by Gasteiger charge is -2.34. The van der Waals surface area contributed by atoms with Crippen LogP contribution in [0.4, 0.5) is 11.4 Å². The molecule has 0 saturated heterocycles. The molecule has 0 spiro atoms. The highest BCUT2D eigenvalue weighted by molar-refractivity contribution is 5.56. The third-order valence-electron chi connectivity index (χ3n) is 4.03. The molecule has 0 amide bonds. The quantitative estimate of drug-likeness (QED) is 0.925. The fourth-order valence-corrected chi connectivity index (χ4v) is 2.73. The first-order chi connectivity index (χ1) is 9.78. The summed E-state index contributed by atoms with van der Waals surface area (Å²) in [6, 6.07) is 17.3. The molecule has 1 unspecified atom stereocenters. The fourth-order valence-electron chi connectivity index (χ4n) is 2.73. The maximum absolute atomic E-state index is 5.21. The highest BCUT2D eigenvalue weighted by Gasteiger charge is 2.21. The van der Waals surface area contributed by atoms with Crippen LogP contribution in [0.1, 0.15) is 5.56 Å². The molecule has 2 aromatic rings. The van der Waals surface area contributed by atoms with Gasteiger partial charge in [-0.05, 0) is 42.3 Å². The Morgan fingerprint density at radius 1 is 1.10 bits per heavy atom. The predicted molar refractivity (Wildman–Crippen MR) is 83.8 cm³/mol. The largest absolute Gasteiger partial charge is 0.497 e. The maximum Gasteiger partial charge on any atom is 0.119 e. The first kappa shape index (κ1) is 12.9. The van der Waals surface area contributed by atoms with Crippen molar-refractivity contribution in [3.05, 3.63) is 54.1 Å². The van der Waals surface area contributed by atoms with E-state index in [9.17, 15) is 0 Å². The van der Waals surface area contributed by atoms with Crippen LogP contribution in [-0.2, 0) is 6.42 Å². The smallest absolute Gasteiger partial charge is 0.119 e. The molecule has 3 heteroatoms. The Morgan fingerprint density at radius 3 is 2.60 bits per heavy atom. The molecule has 1 atom stereocenters. The van der Waals surface area contributed by atoms with Crippen molar-refractivity contribution in [1.82, 2.24) is 0 Å². The van der Waals surface area contributed by atoms with Crippen molar-refractivity contribution in [2.45, 2.75) is 12.5 Å². The molecule has 0 bridgehead atoms. The summed E-state index contributed by atoms with van der Waals surface area (Å²) in [5.74, 6) is 0.897. The molecule has 1 N–H and O–H groups in total. The second-order valence-electron chi connectivity index (χ2n) is 5.20. The number of methoxy groups -OCH3 is 1. The summed E-state index contributed by atoms with van der Waals surface area (Å²) in [6.45, 7) is 0.972. The van der Waals surface area contributed by atoms with E-state index in [0.29, 0.717) is 6.04 Å². The highest BCUT2D eigenvalue weighted by Crippen LogP contribution is 2.26. The van der Waals surface area contributed by atoms with E-state index in [-0.39, 0.29) is 0 Å². The van der Waals surface area contributed by atoms with Gasteiger partial charge in [-0.15, -0.1) is 0 Å². The predicted octanol–water partition coefficient (Wildman–Crippen LogP) is 3.17. The van der Waals surface area contributed by atoms with Crippen molar-refractivity contribution >= 4 is 11.4 Å². The summed E-state index contributed by atoms with van der Waals surface area (Å²) < 4.78 is 5.21. The van der Waals surface area contributed by atoms with Gasteiger partial charge in [0.1, 0.15) is 5.75 Å². The summed E-state index contributed by atoms with van der Waals surface area (Å²) in [7, 11) is 3.85. The summed E-state index contributed by atoms with van der Waals surface area (Å²) >= 11 is 0. The average Bonchev–Trinajstić information content (AvgIpc) is 2.54. The zero-order chi connectivity index (χ0) is 13.9. The van der Waals surface area contributed by atoms with Gasteiger partial charge in [0.05, 0.1) is 7.11 Å². The number of anilines is 2. The van der Waals surface area contributed by atoms with E-state index in [2.05, 4.69) is 53.7 Å². The van der Waals surface area contributed by atoms with E-state index in [4.69, 9.17) is 4.74 Å². The van der Waals surface area contributed by atoms with Crippen LogP contribution in [0.3, 0.4) is 0 Å². The summed E-state index contributed by atoms with van der Waals surface area (Å²) in [5.41, 5.74) is 3.88. The highest BCUT2D eigenvalue weighted by atomic mass is 16.5. The van der Waals surface area contributed by atoms with Crippen LogP contribution in [0.25, 0.3) is 0 Å². The van der Waals surface area contributed by atoms with E-state index < -0.39 is 0 Å². The molecular formula is C17H20N2O. The lowest BCUT2D eigenvalue weighted by atomic mass is 9.98. The molecule has 1 aliphatic heterocycles. The second-order valence-corrected chi connectivity index (χ2v) is 5.20. The number of nitrogens with one attached hydrogen (secondary N) is 1. The third-order valence-corrected chi connectivity index (χ3v) is 4.03. The van der Waals surface area contributed by atoms with Gasteiger partial charge in [-0.2, -0.15) is 0 Å². The van der Waals surface area contributed by atoms with Gasteiger partial charge in [-0.3, -0.25) is 0 Å². The van der Waals surface area contributed by atoms with Gasteiger partial charge in [0.25, 0.3) is 0 Å². The Balaban J connectivity index is 1.76. The van der Waals surface area contributed by atoms with E-state index >= 15 is 0 Å². The van der Waals surface area contributed by atoms with Crippen LogP contribution in [0.2, 0.25) is 0 Å². The standard InChI is InChI=1S/C17H20N2O/c1-19(14-7-9-16(20-2)10-8-14)15-11-13-5-3-4-6-17(13)18-12-15/h3-10,15,18H,11-12H2,1-2H3. The van der Waals surface area contributed by atoms with Crippen LogP contribution in [0, 0.1) is 0 Å². The number of fused-ring (bicyclic) bond motifs is 1. The molecule has 0 saturated carbocycles. The topological polar surface area (TPSA) is 24.5 Å². The fraction of sp³-hybridized carbons (Fsp3) is 0.294. The van der Waals surface area contributed by atoms with E-state index in [1.54, 1.807) is 7.11 Å². The molecule has 0 fully saturated rings. The number of benzene rings is 2. The molecule has 3 nitrogen and oxygen atoms in total. The lowest BCUT2D eigenvalue weighted by molar-refractivity contribution is 0.415. The zero-order valence-corrected chi connectivity index (χ0v) is 12.0. The normalized spacial score (nSPS) is 17.0. The molecule has 1 heterocycles. The minimum Gasteiger partial charge on any atom is -0.497 e.